The molecule has 1 N–H and O–H groups in total. The van der Waals surface area contributed by atoms with E-state index in [0.717, 1.165) is 32.0 Å². The van der Waals surface area contributed by atoms with Crippen molar-refractivity contribution in [3.05, 3.63) is 70.1 Å². The summed E-state index contributed by atoms with van der Waals surface area (Å²) in [5.41, 5.74) is 1.69. The zero-order valence-electron chi connectivity index (χ0n) is 16.1. The normalized spacial score (nSPS) is 15.6. The van der Waals surface area contributed by atoms with Gasteiger partial charge in [-0.25, -0.2) is 0 Å². The van der Waals surface area contributed by atoms with Gasteiger partial charge < -0.3 is 14.8 Å². The van der Waals surface area contributed by atoms with Crippen LogP contribution in [0, 0.1) is 5.92 Å². The zero-order chi connectivity index (χ0) is 19.1. The first kappa shape index (κ1) is 19.4. The van der Waals surface area contributed by atoms with Gasteiger partial charge in [-0.15, -0.1) is 0 Å². The molecule has 5 heteroatoms. The van der Waals surface area contributed by atoms with Gasteiger partial charge in [0.2, 0.25) is 0 Å². The van der Waals surface area contributed by atoms with Crippen molar-refractivity contribution in [3.8, 4) is 0 Å². The van der Waals surface area contributed by atoms with Gasteiger partial charge in [0.1, 0.15) is 0 Å². The number of rotatable bonds is 7. The van der Waals surface area contributed by atoms with E-state index in [4.69, 9.17) is 0 Å². The number of amides is 1. The summed E-state index contributed by atoms with van der Waals surface area (Å²) in [6.07, 6.45) is 6.51. The molecule has 5 nitrogen and oxygen atoms in total. The summed E-state index contributed by atoms with van der Waals surface area (Å²) in [5, 5.41) is 2.92. The maximum absolute atomic E-state index is 12.1. The number of hydrogen-bond acceptors (Lipinski definition) is 3. The Bertz CT molecular complexity index is 793. The molecule has 2 aromatic rings. The van der Waals surface area contributed by atoms with E-state index in [0.29, 0.717) is 12.1 Å². The van der Waals surface area contributed by atoms with Crippen molar-refractivity contribution in [1.82, 2.24) is 14.8 Å². The van der Waals surface area contributed by atoms with Gasteiger partial charge in [-0.3, -0.25) is 9.59 Å². The molecule has 0 bridgehead atoms. The number of aromatic nitrogens is 1. The lowest BCUT2D eigenvalue weighted by molar-refractivity contribution is 0.0943. The molecule has 0 atom stereocenters. The van der Waals surface area contributed by atoms with Crippen LogP contribution in [0.5, 0.6) is 0 Å². The van der Waals surface area contributed by atoms with Crippen LogP contribution in [-0.2, 0) is 13.5 Å². The number of aryl methyl sites for hydroxylation is 2. The van der Waals surface area contributed by atoms with Gasteiger partial charge in [-0.05, 0) is 56.3 Å². The maximum atomic E-state index is 12.1. The molecular weight excluding hydrogens is 338 g/mol. The number of piperidine rings is 1. The Balaban J connectivity index is 1.34. The van der Waals surface area contributed by atoms with Crippen LogP contribution in [0.4, 0.5) is 0 Å². The highest BCUT2D eigenvalue weighted by atomic mass is 16.2. The number of hydrogen-bond donors (Lipinski definition) is 1. The van der Waals surface area contributed by atoms with E-state index in [1.54, 1.807) is 19.3 Å². The number of carbonyl (C=O) groups excluding carboxylic acids is 1. The largest absolute Gasteiger partial charge is 0.351 e. The summed E-state index contributed by atoms with van der Waals surface area (Å²) < 4.78 is 1.46. The fourth-order valence-corrected chi connectivity index (χ4v) is 3.63. The van der Waals surface area contributed by atoms with E-state index in [9.17, 15) is 9.59 Å². The van der Waals surface area contributed by atoms with Crippen molar-refractivity contribution in [2.75, 3.05) is 26.2 Å². The Hall–Kier alpha value is -2.40. The van der Waals surface area contributed by atoms with Gasteiger partial charge in [-0.2, -0.15) is 0 Å². The molecule has 0 aliphatic carbocycles. The highest BCUT2D eigenvalue weighted by molar-refractivity contribution is 5.93. The van der Waals surface area contributed by atoms with Crippen molar-refractivity contribution in [3.63, 3.8) is 0 Å². The van der Waals surface area contributed by atoms with Crippen molar-refractivity contribution in [2.24, 2.45) is 13.0 Å². The Morgan fingerprint density at radius 1 is 1.15 bits per heavy atom. The topological polar surface area (TPSA) is 54.3 Å². The molecule has 27 heavy (non-hydrogen) atoms. The van der Waals surface area contributed by atoms with E-state index in [2.05, 4.69) is 40.5 Å². The molecule has 1 saturated heterocycles. The van der Waals surface area contributed by atoms with Crippen LogP contribution in [0.1, 0.15) is 35.2 Å². The molecule has 3 rings (SSSR count). The molecule has 0 saturated carbocycles. The second kappa shape index (κ2) is 9.51. The highest BCUT2D eigenvalue weighted by Crippen LogP contribution is 2.22. The lowest BCUT2D eigenvalue weighted by atomic mass is 9.90. The molecule has 0 unspecified atom stereocenters. The Morgan fingerprint density at radius 2 is 1.89 bits per heavy atom. The number of carbonyl (C=O) groups is 1. The van der Waals surface area contributed by atoms with Crippen molar-refractivity contribution >= 4 is 5.91 Å². The van der Waals surface area contributed by atoms with Crippen LogP contribution in [0.3, 0.4) is 0 Å². The smallest absolute Gasteiger partial charge is 0.251 e. The fraction of sp³-hybridized carbons (Fsp3) is 0.455. The molecule has 1 aliphatic rings. The van der Waals surface area contributed by atoms with Gasteiger partial charge >= 0.3 is 0 Å². The van der Waals surface area contributed by atoms with Crippen LogP contribution >= 0.6 is 0 Å². The van der Waals surface area contributed by atoms with Gasteiger partial charge in [0.15, 0.2) is 0 Å². The fourth-order valence-electron chi connectivity index (χ4n) is 3.63. The second-order valence-electron chi connectivity index (χ2n) is 7.43. The van der Waals surface area contributed by atoms with Crippen molar-refractivity contribution < 1.29 is 4.79 Å². The third-order valence-corrected chi connectivity index (χ3v) is 5.47. The van der Waals surface area contributed by atoms with Crippen LogP contribution < -0.4 is 10.9 Å². The quantitative estimate of drug-likeness (QED) is 0.818. The van der Waals surface area contributed by atoms with Crippen molar-refractivity contribution in [1.29, 1.82) is 0 Å². The van der Waals surface area contributed by atoms with Crippen LogP contribution in [0.2, 0.25) is 0 Å². The summed E-state index contributed by atoms with van der Waals surface area (Å²) in [4.78, 5) is 26.2. The minimum atomic E-state index is -0.176. The predicted molar refractivity (Wildman–Crippen MR) is 108 cm³/mol. The first-order chi connectivity index (χ1) is 13.1. The molecule has 1 aliphatic heterocycles. The number of pyridine rings is 1. The molecule has 0 radical (unpaired) electrons. The highest BCUT2D eigenvalue weighted by Gasteiger charge is 2.19. The zero-order valence-corrected chi connectivity index (χ0v) is 16.1. The maximum Gasteiger partial charge on any atom is 0.251 e. The molecule has 0 spiro atoms. The monoisotopic (exact) mass is 367 g/mol. The first-order valence-corrected chi connectivity index (χ1v) is 9.83. The standard InChI is InChI=1S/C22H29N3O2/c1-24-13-11-20(17-21(24)26)22(27)23-12-16-25-14-9-19(10-15-25)8-7-18-5-3-2-4-6-18/h2-6,11,13,17,19H,7-10,12,14-16H2,1H3,(H,23,27). The average Bonchev–Trinajstić information content (AvgIpc) is 2.70. The number of likely N-dealkylation sites (tertiary alicyclic amines) is 1. The summed E-state index contributed by atoms with van der Waals surface area (Å²) in [6.45, 7) is 3.67. The minimum Gasteiger partial charge on any atom is -0.351 e. The summed E-state index contributed by atoms with van der Waals surface area (Å²) in [6, 6.07) is 13.8. The van der Waals surface area contributed by atoms with E-state index in [1.807, 2.05) is 0 Å². The molecule has 144 valence electrons. The van der Waals surface area contributed by atoms with Crippen LogP contribution in [-0.4, -0.2) is 41.6 Å². The van der Waals surface area contributed by atoms with Gasteiger partial charge in [0.25, 0.3) is 11.5 Å². The summed E-state index contributed by atoms with van der Waals surface area (Å²) in [7, 11) is 1.67. The average molecular weight is 367 g/mol. The van der Waals surface area contributed by atoms with Crippen LogP contribution in [0.15, 0.2) is 53.5 Å². The first-order valence-electron chi connectivity index (χ1n) is 9.83. The van der Waals surface area contributed by atoms with E-state index in [1.165, 1.54) is 35.5 Å². The third kappa shape index (κ3) is 5.79. The molecular formula is C22H29N3O2. The Labute approximate surface area is 161 Å². The van der Waals surface area contributed by atoms with Gasteiger partial charge in [0.05, 0.1) is 0 Å². The van der Waals surface area contributed by atoms with Crippen molar-refractivity contribution in [2.45, 2.75) is 25.7 Å². The summed E-state index contributed by atoms with van der Waals surface area (Å²) >= 11 is 0. The van der Waals surface area contributed by atoms with E-state index < -0.39 is 0 Å². The van der Waals surface area contributed by atoms with Gasteiger partial charge in [0, 0.05) is 38.0 Å². The van der Waals surface area contributed by atoms with Gasteiger partial charge in [-0.1, -0.05) is 30.3 Å². The van der Waals surface area contributed by atoms with E-state index in [-0.39, 0.29) is 11.5 Å². The molecule has 1 amide bonds. The Kier molecular flexibility index (Phi) is 6.82. The lowest BCUT2D eigenvalue weighted by Gasteiger charge is -2.32. The lowest BCUT2D eigenvalue weighted by Crippen LogP contribution is -2.39. The number of nitrogens with zero attached hydrogens (tertiary/aromatic N) is 2. The summed E-state index contributed by atoms with van der Waals surface area (Å²) in [5.74, 6) is 0.627. The molecule has 1 fully saturated rings. The molecule has 1 aromatic heterocycles. The predicted octanol–water partition coefficient (Wildman–Crippen LogP) is 2.46. The number of nitrogens with one attached hydrogen (secondary N) is 1. The third-order valence-electron chi connectivity index (χ3n) is 5.47. The molecule has 1 aromatic carbocycles. The Morgan fingerprint density at radius 3 is 2.59 bits per heavy atom. The SMILES string of the molecule is Cn1ccc(C(=O)NCCN2CCC(CCc3ccccc3)CC2)cc1=O. The second-order valence-corrected chi connectivity index (χ2v) is 7.43. The van der Waals surface area contributed by atoms with E-state index >= 15 is 0 Å². The molecule has 2 heterocycles. The minimum absolute atomic E-state index is 0.166. The van der Waals surface area contributed by atoms with Crippen LogP contribution in [0.25, 0.3) is 0 Å². The number of benzene rings is 1.